The van der Waals surface area contributed by atoms with E-state index < -0.39 is 0 Å². The Morgan fingerprint density at radius 2 is 1.48 bits per heavy atom. The quantitative estimate of drug-likeness (QED) is 0.790. The van der Waals surface area contributed by atoms with E-state index in [4.69, 9.17) is 5.73 Å². The maximum Gasteiger partial charge on any atom is 0.0648 e. The third-order valence-electron chi connectivity index (χ3n) is 3.78. The number of rotatable bonds is 2. The molecule has 0 fully saturated rings. The van der Waals surface area contributed by atoms with Crippen LogP contribution in [-0.2, 0) is 10.8 Å². The predicted octanol–water partition coefficient (Wildman–Crippen LogP) is 5.39. The van der Waals surface area contributed by atoms with Crippen LogP contribution in [0.2, 0.25) is 0 Å². The number of hydrogen-bond acceptors (Lipinski definition) is 2. The van der Waals surface area contributed by atoms with Crippen molar-refractivity contribution in [2.24, 2.45) is 5.73 Å². The summed E-state index contributed by atoms with van der Waals surface area (Å²) in [5.74, 6) is 0. The van der Waals surface area contributed by atoms with Gasteiger partial charge in [0.15, 0.2) is 0 Å². The van der Waals surface area contributed by atoms with Crippen LogP contribution in [0.15, 0.2) is 36.4 Å². The van der Waals surface area contributed by atoms with E-state index >= 15 is 0 Å². The molecule has 1 aromatic heterocycles. The van der Waals surface area contributed by atoms with Gasteiger partial charge >= 0.3 is 0 Å². The summed E-state index contributed by atoms with van der Waals surface area (Å²) in [5, 5.41) is 0. The Hall–Kier alpha value is -1.12. The summed E-state index contributed by atoms with van der Waals surface area (Å²) in [6, 6.07) is 12.9. The zero-order valence-corrected chi connectivity index (χ0v) is 14.8. The molecular formula is C19H27NS. The molecule has 0 aliphatic rings. The fourth-order valence-corrected chi connectivity index (χ4v) is 3.61. The zero-order valence-electron chi connectivity index (χ0n) is 14.0. The molecule has 1 aromatic carbocycles. The maximum absolute atomic E-state index is 6.58. The van der Waals surface area contributed by atoms with Crippen LogP contribution in [0.5, 0.6) is 0 Å². The molecule has 114 valence electrons. The van der Waals surface area contributed by atoms with Crippen molar-refractivity contribution >= 4 is 11.3 Å². The molecule has 2 heteroatoms. The van der Waals surface area contributed by atoms with Crippen molar-refractivity contribution < 1.29 is 0 Å². The summed E-state index contributed by atoms with van der Waals surface area (Å²) in [6.45, 7) is 13.5. The smallest absolute Gasteiger partial charge is 0.0648 e. The highest BCUT2D eigenvalue weighted by atomic mass is 32.1. The van der Waals surface area contributed by atoms with Crippen LogP contribution in [0.1, 0.15) is 68.5 Å². The van der Waals surface area contributed by atoms with Gasteiger partial charge in [0, 0.05) is 9.75 Å². The zero-order chi connectivity index (χ0) is 15.8. The van der Waals surface area contributed by atoms with Gasteiger partial charge < -0.3 is 5.73 Å². The molecule has 1 atom stereocenters. The van der Waals surface area contributed by atoms with Gasteiger partial charge in [0.05, 0.1) is 6.04 Å². The minimum atomic E-state index is -0.0403. The first kappa shape index (κ1) is 16.3. The lowest BCUT2D eigenvalue weighted by Crippen LogP contribution is -2.20. The van der Waals surface area contributed by atoms with E-state index in [0.717, 1.165) is 0 Å². The Bertz CT molecular complexity index is 611. The van der Waals surface area contributed by atoms with Gasteiger partial charge in [-0.2, -0.15) is 0 Å². The van der Waals surface area contributed by atoms with E-state index in [2.05, 4.69) is 77.9 Å². The van der Waals surface area contributed by atoms with Crippen LogP contribution in [0.25, 0.3) is 0 Å². The van der Waals surface area contributed by atoms with Crippen molar-refractivity contribution in [2.45, 2.75) is 58.4 Å². The fraction of sp³-hybridized carbons (Fsp3) is 0.474. The second kappa shape index (κ2) is 5.58. The molecule has 0 saturated heterocycles. The van der Waals surface area contributed by atoms with E-state index in [-0.39, 0.29) is 16.9 Å². The lowest BCUT2D eigenvalue weighted by atomic mass is 9.82. The fourth-order valence-electron chi connectivity index (χ4n) is 2.53. The third-order valence-corrected chi connectivity index (χ3v) is 5.37. The van der Waals surface area contributed by atoms with Gasteiger partial charge in [0.2, 0.25) is 0 Å². The Labute approximate surface area is 133 Å². The number of hydrogen-bond donors (Lipinski definition) is 1. The minimum Gasteiger partial charge on any atom is -0.320 e. The normalized spacial score (nSPS) is 14.2. The first-order valence-corrected chi connectivity index (χ1v) is 8.37. The molecule has 0 spiro atoms. The number of benzene rings is 1. The molecule has 2 N–H and O–H groups in total. The second-order valence-corrected chi connectivity index (χ2v) is 8.88. The van der Waals surface area contributed by atoms with Gasteiger partial charge in [-0.1, -0.05) is 65.8 Å². The first-order valence-electron chi connectivity index (χ1n) is 7.56. The largest absolute Gasteiger partial charge is 0.320 e. The molecule has 2 rings (SSSR count). The highest BCUT2D eigenvalue weighted by Gasteiger charge is 2.23. The molecule has 0 amide bonds. The topological polar surface area (TPSA) is 26.0 Å². The van der Waals surface area contributed by atoms with Gasteiger partial charge in [0.1, 0.15) is 0 Å². The van der Waals surface area contributed by atoms with E-state index in [0.29, 0.717) is 0 Å². The summed E-state index contributed by atoms with van der Waals surface area (Å²) in [6.07, 6.45) is 0. The number of nitrogens with two attached hydrogens (primary N) is 1. The van der Waals surface area contributed by atoms with Crippen molar-refractivity contribution in [3.05, 3.63) is 57.3 Å². The van der Waals surface area contributed by atoms with Crippen molar-refractivity contribution in [1.82, 2.24) is 0 Å². The standard InChI is InChI=1S/C19H27NS/c1-18(2,3)14-10-8-7-9-13(14)17(20)15-11-12-16(21-15)19(4,5)6/h7-12,17H,20H2,1-6H3. The minimum absolute atomic E-state index is 0.0403. The lowest BCUT2D eigenvalue weighted by Gasteiger charge is -2.25. The Morgan fingerprint density at radius 3 is 2.00 bits per heavy atom. The van der Waals surface area contributed by atoms with E-state index in [1.54, 1.807) is 0 Å². The summed E-state index contributed by atoms with van der Waals surface area (Å²) in [7, 11) is 0. The first-order chi connectivity index (χ1) is 9.60. The summed E-state index contributed by atoms with van der Waals surface area (Å²) < 4.78 is 0. The third kappa shape index (κ3) is 3.56. The molecule has 0 aliphatic heterocycles. The van der Waals surface area contributed by atoms with Gasteiger partial charge in [0.25, 0.3) is 0 Å². The molecule has 0 bridgehead atoms. The van der Waals surface area contributed by atoms with Crippen LogP contribution in [0.3, 0.4) is 0 Å². The summed E-state index contributed by atoms with van der Waals surface area (Å²) in [5.41, 5.74) is 9.46. The molecule has 1 nitrogen and oxygen atoms in total. The highest BCUT2D eigenvalue weighted by Crippen LogP contribution is 2.36. The molecular weight excluding hydrogens is 274 g/mol. The van der Waals surface area contributed by atoms with Crippen molar-refractivity contribution in [3.63, 3.8) is 0 Å². The monoisotopic (exact) mass is 301 g/mol. The molecule has 21 heavy (non-hydrogen) atoms. The summed E-state index contributed by atoms with van der Waals surface area (Å²) in [4.78, 5) is 2.64. The van der Waals surface area contributed by atoms with E-state index in [1.165, 1.54) is 20.9 Å². The average Bonchev–Trinajstić information content (AvgIpc) is 2.86. The van der Waals surface area contributed by atoms with Crippen LogP contribution < -0.4 is 5.73 Å². The Balaban J connectivity index is 2.42. The van der Waals surface area contributed by atoms with Crippen LogP contribution in [0.4, 0.5) is 0 Å². The Morgan fingerprint density at radius 1 is 0.857 bits per heavy atom. The SMILES string of the molecule is CC(C)(C)c1ccc(C(N)c2ccccc2C(C)(C)C)s1. The van der Waals surface area contributed by atoms with Crippen LogP contribution >= 0.6 is 11.3 Å². The van der Waals surface area contributed by atoms with Gasteiger partial charge in [-0.05, 0) is 34.1 Å². The summed E-state index contributed by atoms with van der Waals surface area (Å²) >= 11 is 1.84. The van der Waals surface area contributed by atoms with Crippen molar-refractivity contribution in [1.29, 1.82) is 0 Å². The molecule has 0 saturated carbocycles. The van der Waals surface area contributed by atoms with Crippen molar-refractivity contribution in [2.75, 3.05) is 0 Å². The molecule has 1 unspecified atom stereocenters. The van der Waals surface area contributed by atoms with Crippen molar-refractivity contribution in [3.8, 4) is 0 Å². The molecule has 2 aromatic rings. The molecule has 1 heterocycles. The van der Waals surface area contributed by atoms with Gasteiger partial charge in [-0.15, -0.1) is 11.3 Å². The highest BCUT2D eigenvalue weighted by molar-refractivity contribution is 7.12. The van der Waals surface area contributed by atoms with Crippen LogP contribution in [0, 0.1) is 0 Å². The van der Waals surface area contributed by atoms with E-state index in [1.807, 2.05) is 11.3 Å². The molecule has 0 radical (unpaired) electrons. The van der Waals surface area contributed by atoms with Gasteiger partial charge in [-0.3, -0.25) is 0 Å². The van der Waals surface area contributed by atoms with Crippen LogP contribution in [-0.4, -0.2) is 0 Å². The Kier molecular flexibility index (Phi) is 4.32. The maximum atomic E-state index is 6.58. The molecule has 0 aliphatic carbocycles. The number of thiophene rings is 1. The van der Waals surface area contributed by atoms with E-state index in [9.17, 15) is 0 Å². The van der Waals surface area contributed by atoms with Gasteiger partial charge in [-0.25, -0.2) is 0 Å². The average molecular weight is 301 g/mol. The predicted molar refractivity (Wildman–Crippen MR) is 94.2 cm³/mol. The second-order valence-electron chi connectivity index (χ2n) is 7.77. The lowest BCUT2D eigenvalue weighted by molar-refractivity contribution is 0.578.